The summed E-state index contributed by atoms with van der Waals surface area (Å²) in [6.07, 6.45) is 6.40. The van der Waals surface area contributed by atoms with E-state index in [1.807, 2.05) is 6.92 Å². The van der Waals surface area contributed by atoms with Gasteiger partial charge in [-0.05, 0) is 67.9 Å². The molecule has 1 heterocycles. The fourth-order valence-corrected chi connectivity index (χ4v) is 4.47. The molecule has 7 nitrogen and oxygen atoms in total. The maximum absolute atomic E-state index is 13.7. The number of halogens is 1. The molecule has 3 rings (SSSR count). The fraction of sp³-hybridized carbons (Fsp3) is 0.538. The van der Waals surface area contributed by atoms with Crippen LogP contribution in [0, 0.1) is 5.92 Å². The van der Waals surface area contributed by atoms with Gasteiger partial charge < -0.3 is 24.1 Å². The number of hydrogen-bond donors (Lipinski definition) is 1. The number of rotatable bonds is 11. The standard InChI is InChI=1S/C26H35ClN2O5/c1-4-13-34-22-12-9-19(15-23(22)32-3)25(26(31)28-20-10-7-18(2)8-11-20)29(24(30)16-27)17-21-6-5-14-33-21/h5-6,9,12,14-15,18,20,25H,4,7-8,10-11,13,16-17H2,1-3H3,(H,28,31)/t18?,20?,25-/m1/s1. The molecule has 0 spiro atoms. The second-order valence-electron chi connectivity index (χ2n) is 8.86. The van der Waals surface area contributed by atoms with Gasteiger partial charge in [0.2, 0.25) is 11.8 Å². The first-order chi connectivity index (χ1) is 16.5. The van der Waals surface area contributed by atoms with Crippen molar-refractivity contribution in [1.29, 1.82) is 0 Å². The number of ether oxygens (including phenoxy) is 2. The highest BCUT2D eigenvalue weighted by Gasteiger charge is 2.34. The minimum atomic E-state index is -0.898. The van der Waals surface area contributed by atoms with Crippen LogP contribution in [0.25, 0.3) is 0 Å². The van der Waals surface area contributed by atoms with Crippen LogP contribution in [0.3, 0.4) is 0 Å². The molecule has 1 saturated carbocycles. The van der Waals surface area contributed by atoms with Crippen molar-refractivity contribution >= 4 is 23.4 Å². The first-order valence-electron chi connectivity index (χ1n) is 12.0. The number of carbonyl (C=O) groups excluding carboxylic acids is 2. The smallest absolute Gasteiger partial charge is 0.247 e. The van der Waals surface area contributed by atoms with Gasteiger partial charge in [0.1, 0.15) is 17.7 Å². The Morgan fingerprint density at radius 1 is 1.21 bits per heavy atom. The SMILES string of the molecule is CCCOc1ccc([C@H](C(=O)NC2CCC(C)CC2)N(Cc2ccco2)C(=O)CCl)cc1OC. The summed E-state index contributed by atoms with van der Waals surface area (Å²) in [5.74, 6) is 1.48. The highest BCUT2D eigenvalue weighted by molar-refractivity contribution is 6.27. The van der Waals surface area contributed by atoms with Gasteiger partial charge in [-0.2, -0.15) is 0 Å². The van der Waals surface area contributed by atoms with Gasteiger partial charge in [0.15, 0.2) is 11.5 Å². The summed E-state index contributed by atoms with van der Waals surface area (Å²) in [5, 5.41) is 3.18. The van der Waals surface area contributed by atoms with Crippen LogP contribution in [0.15, 0.2) is 41.0 Å². The summed E-state index contributed by atoms with van der Waals surface area (Å²) in [4.78, 5) is 28.1. The Hall–Kier alpha value is -2.67. The Kier molecular flexibility index (Phi) is 9.69. The third kappa shape index (κ3) is 6.69. The van der Waals surface area contributed by atoms with Crippen molar-refractivity contribution < 1.29 is 23.5 Å². The zero-order valence-electron chi connectivity index (χ0n) is 20.2. The van der Waals surface area contributed by atoms with Gasteiger partial charge in [0.05, 0.1) is 26.5 Å². The van der Waals surface area contributed by atoms with Crippen molar-refractivity contribution in [3.8, 4) is 11.5 Å². The molecule has 1 aromatic carbocycles. The number of amides is 2. The second-order valence-corrected chi connectivity index (χ2v) is 9.13. The van der Waals surface area contributed by atoms with Crippen molar-refractivity contribution in [2.45, 2.75) is 64.6 Å². The van der Waals surface area contributed by atoms with E-state index in [0.29, 0.717) is 35.3 Å². The predicted octanol–water partition coefficient (Wildman–Crippen LogP) is 5.08. The van der Waals surface area contributed by atoms with E-state index in [9.17, 15) is 9.59 Å². The molecule has 2 amide bonds. The molecule has 0 saturated heterocycles. The van der Waals surface area contributed by atoms with Gasteiger partial charge in [0.25, 0.3) is 0 Å². The average molecular weight is 491 g/mol. The molecule has 1 aliphatic rings. The van der Waals surface area contributed by atoms with Crippen LogP contribution in [0.5, 0.6) is 11.5 Å². The summed E-state index contributed by atoms with van der Waals surface area (Å²) in [6, 6.07) is 8.05. The van der Waals surface area contributed by atoms with Crippen molar-refractivity contribution in [2.24, 2.45) is 5.92 Å². The molecule has 0 bridgehead atoms. The topological polar surface area (TPSA) is 81.0 Å². The number of carbonyl (C=O) groups is 2. The zero-order chi connectivity index (χ0) is 24.5. The van der Waals surface area contributed by atoms with Crippen molar-refractivity contribution in [2.75, 3.05) is 19.6 Å². The number of methoxy groups -OCH3 is 1. The fourth-order valence-electron chi connectivity index (χ4n) is 4.31. The molecule has 1 atom stereocenters. The Morgan fingerprint density at radius 2 is 1.97 bits per heavy atom. The molecule has 1 N–H and O–H groups in total. The van der Waals surface area contributed by atoms with E-state index in [1.165, 1.54) is 4.90 Å². The Bertz CT molecular complexity index is 925. The van der Waals surface area contributed by atoms with E-state index < -0.39 is 6.04 Å². The third-order valence-corrected chi connectivity index (χ3v) is 6.46. The quantitative estimate of drug-likeness (QED) is 0.444. The third-order valence-electron chi connectivity index (χ3n) is 6.23. The van der Waals surface area contributed by atoms with Gasteiger partial charge in [-0.1, -0.05) is 19.9 Å². The summed E-state index contributed by atoms with van der Waals surface area (Å²) in [7, 11) is 1.56. The predicted molar refractivity (Wildman–Crippen MR) is 131 cm³/mol. The molecule has 34 heavy (non-hydrogen) atoms. The van der Waals surface area contributed by atoms with Crippen LogP contribution in [-0.4, -0.2) is 42.4 Å². The van der Waals surface area contributed by atoms with E-state index >= 15 is 0 Å². The maximum Gasteiger partial charge on any atom is 0.247 e. The van der Waals surface area contributed by atoms with Gasteiger partial charge in [-0.25, -0.2) is 0 Å². The molecule has 1 aromatic heterocycles. The van der Waals surface area contributed by atoms with Crippen molar-refractivity contribution in [1.82, 2.24) is 10.2 Å². The highest BCUT2D eigenvalue weighted by Crippen LogP contribution is 2.34. The van der Waals surface area contributed by atoms with E-state index in [4.69, 9.17) is 25.5 Å². The molecule has 0 unspecified atom stereocenters. The van der Waals surface area contributed by atoms with Gasteiger partial charge >= 0.3 is 0 Å². The number of alkyl halides is 1. The van der Waals surface area contributed by atoms with E-state index in [0.717, 1.165) is 32.1 Å². The molecule has 1 aliphatic carbocycles. The molecule has 186 valence electrons. The van der Waals surface area contributed by atoms with Crippen molar-refractivity contribution in [3.05, 3.63) is 47.9 Å². The number of benzene rings is 1. The van der Waals surface area contributed by atoms with E-state index in [-0.39, 0.29) is 30.3 Å². The first-order valence-corrected chi connectivity index (χ1v) is 12.5. The second kappa shape index (κ2) is 12.7. The van der Waals surface area contributed by atoms with Crippen LogP contribution >= 0.6 is 11.6 Å². The number of furan rings is 1. The molecule has 8 heteroatoms. The monoisotopic (exact) mass is 490 g/mol. The van der Waals surface area contributed by atoms with Crippen LogP contribution in [-0.2, 0) is 16.1 Å². The Labute approximate surface area is 206 Å². The Balaban J connectivity index is 1.96. The maximum atomic E-state index is 13.7. The molecular formula is C26H35ClN2O5. The van der Waals surface area contributed by atoms with Crippen LogP contribution in [0.1, 0.15) is 63.3 Å². The number of hydrogen-bond acceptors (Lipinski definition) is 5. The molecule has 0 aliphatic heterocycles. The average Bonchev–Trinajstić information content (AvgIpc) is 3.36. The lowest BCUT2D eigenvalue weighted by Gasteiger charge is -2.33. The summed E-state index contributed by atoms with van der Waals surface area (Å²) < 4.78 is 16.8. The van der Waals surface area contributed by atoms with Gasteiger partial charge in [-0.15, -0.1) is 11.6 Å². The normalized spacial score (nSPS) is 18.7. The zero-order valence-corrected chi connectivity index (χ0v) is 21.0. The van der Waals surface area contributed by atoms with Gasteiger partial charge in [0, 0.05) is 6.04 Å². The van der Waals surface area contributed by atoms with Crippen LogP contribution in [0.4, 0.5) is 0 Å². The lowest BCUT2D eigenvalue weighted by atomic mass is 9.87. The summed E-state index contributed by atoms with van der Waals surface area (Å²) >= 11 is 5.97. The van der Waals surface area contributed by atoms with Gasteiger partial charge in [-0.3, -0.25) is 9.59 Å². The molecular weight excluding hydrogens is 456 g/mol. The minimum Gasteiger partial charge on any atom is -0.493 e. The Morgan fingerprint density at radius 3 is 2.59 bits per heavy atom. The number of nitrogens with one attached hydrogen (secondary N) is 1. The molecule has 0 radical (unpaired) electrons. The molecule has 1 fully saturated rings. The molecule has 2 aromatic rings. The van der Waals surface area contributed by atoms with Crippen LogP contribution in [0.2, 0.25) is 0 Å². The number of nitrogens with zero attached hydrogens (tertiary/aromatic N) is 1. The largest absolute Gasteiger partial charge is 0.493 e. The summed E-state index contributed by atoms with van der Waals surface area (Å²) in [5.41, 5.74) is 0.618. The van der Waals surface area contributed by atoms with E-state index in [2.05, 4.69) is 12.2 Å². The highest BCUT2D eigenvalue weighted by atomic mass is 35.5. The first kappa shape index (κ1) is 25.9. The van der Waals surface area contributed by atoms with Crippen LogP contribution < -0.4 is 14.8 Å². The lowest BCUT2D eigenvalue weighted by molar-refractivity contribution is -0.140. The lowest BCUT2D eigenvalue weighted by Crippen LogP contribution is -2.47. The minimum absolute atomic E-state index is 0.0804. The summed E-state index contributed by atoms with van der Waals surface area (Å²) in [6.45, 7) is 4.93. The van der Waals surface area contributed by atoms with Crippen molar-refractivity contribution in [3.63, 3.8) is 0 Å². The van der Waals surface area contributed by atoms with E-state index in [1.54, 1.807) is 43.7 Å².